The van der Waals surface area contributed by atoms with E-state index < -0.39 is 0 Å². The predicted molar refractivity (Wildman–Crippen MR) is 80.6 cm³/mol. The third kappa shape index (κ3) is 2.94. The lowest BCUT2D eigenvalue weighted by Gasteiger charge is -2.21. The van der Waals surface area contributed by atoms with Gasteiger partial charge in [-0.05, 0) is 12.8 Å². The number of rotatable bonds is 3. The van der Waals surface area contributed by atoms with Crippen molar-refractivity contribution in [3.05, 3.63) is 63.6 Å². The molecule has 0 unspecified atom stereocenters. The molecule has 4 heteroatoms. The normalized spacial score (nSPS) is 15.8. The molecule has 1 saturated carbocycles. The van der Waals surface area contributed by atoms with Crippen molar-refractivity contribution >= 4 is 5.78 Å². The van der Waals surface area contributed by atoms with E-state index in [1.165, 1.54) is 19.3 Å². The highest BCUT2D eigenvalue weighted by atomic mass is 16.1. The molecule has 1 aliphatic rings. The third-order valence-corrected chi connectivity index (χ3v) is 4.11. The second kappa shape index (κ2) is 6.04. The number of ketones is 1. The van der Waals surface area contributed by atoms with Crippen molar-refractivity contribution in [1.82, 2.24) is 10.2 Å². The molecule has 4 nitrogen and oxygen atoms in total. The molecule has 1 heterocycles. The topological polar surface area (TPSA) is 62.8 Å². The van der Waals surface area contributed by atoms with Crippen LogP contribution in [0.5, 0.6) is 0 Å². The average Bonchev–Trinajstić information content (AvgIpc) is 2.56. The van der Waals surface area contributed by atoms with Crippen LogP contribution < -0.4 is 5.43 Å². The second-order valence-electron chi connectivity index (χ2n) is 5.57. The average molecular weight is 282 g/mol. The van der Waals surface area contributed by atoms with Gasteiger partial charge in [0.1, 0.15) is 0 Å². The molecule has 0 atom stereocenters. The fourth-order valence-corrected chi connectivity index (χ4v) is 2.93. The highest BCUT2D eigenvalue weighted by Crippen LogP contribution is 2.30. The molecule has 0 spiro atoms. The smallest absolute Gasteiger partial charge is 0.217 e. The number of nitrogens with zero attached hydrogens (tertiary/aromatic N) is 1. The van der Waals surface area contributed by atoms with Crippen molar-refractivity contribution in [2.45, 2.75) is 38.0 Å². The Balaban J connectivity index is 1.88. The van der Waals surface area contributed by atoms with Gasteiger partial charge in [-0.25, -0.2) is 0 Å². The third-order valence-electron chi connectivity index (χ3n) is 4.11. The van der Waals surface area contributed by atoms with Gasteiger partial charge in [0.15, 0.2) is 5.69 Å². The van der Waals surface area contributed by atoms with E-state index in [0.29, 0.717) is 11.5 Å². The number of hydrogen-bond acceptors (Lipinski definition) is 3. The summed E-state index contributed by atoms with van der Waals surface area (Å²) < 4.78 is 0. The van der Waals surface area contributed by atoms with E-state index in [1.807, 2.05) is 6.07 Å². The van der Waals surface area contributed by atoms with Crippen molar-refractivity contribution in [3.63, 3.8) is 0 Å². The van der Waals surface area contributed by atoms with Crippen LogP contribution in [0.25, 0.3) is 0 Å². The fourth-order valence-electron chi connectivity index (χ4n) is 2.93. The molecule has 21 heavy (non-hydrogen) atoms. The molecular formula is C17H18N2O2. The predicted octanol–water partition coefficient (Wildman–Crippen LogP) is 3.05. The van der Waals surface area contributed by atoms with Crippen LogP contribution in [0.4, 0.5) is 0 Å². The standard InChI is InChI=1S/C17H18N2O2/c20-15-11-14(12-7-3-1-4-8-12)18-19-16(15)17(21)13-9-5-2-6-10-13/h2,5-6,9-12H,1,3-4,7-8H2,(H,18,20). The number of carbonyl (C=O) groups is 1. The Kier molecular flexibility index (Phi) is 3.95. The van der Waals surface area contributed by atoms with E-state index in [1.54, 1.807) is 30.3 Å². The fraction of sp³-hybridized carbons (Fsp3) is 0.353. The molecule has 2 aromatic rings. The summed E-state index contributed by atoms with van der Waals surface area (Å²) in [5, 5.41) is 6.97. The Morgan fingerprint density at radius 3 is 2.48 bits per heavy atom. The summed E-state index contributed by atoms with van der Waals surface area (Å²) in [6, 6.07) is 10.3. The van der Waals surface area contributed by atoms with Gasteiger partial charge in [-0.3, -0.25) is 14.7 Å². The van der Waals surface area contributed by atoms with Gasteiger partial charge in [0, 0.05) is 23.2 Å². The molecule has 1 aromatic heterocycles. The summed E-state index contributed by atoms with van der Waals surface area (Å²) >= 11 is 0. The van der Waals surface area contributed by atoms with Gasteiger partial charge < -0.3 is 0 Å². The van der Waals surface area contributed by atoms with Crippen molar-refractivity contribution in [3.8, 4) is 0 Å². The van der Waals surface area contributed by atoms with E-state index >= 15 is 0 Å². The first-order chi connectivity index (χ1) is 10.3. The molecular weight excluding hydrogens is 264 g/mol. The summed E-state index contributed by atoms with van der Waals surface area (Å²) in [7, 11) is 0. The lowest BCUT2D eigenvalue weighted by Crippen LogP contribution is -2.21. The van der Waals surface area contributed by atoms with Crippen LogP contribution in [0, 0.1) is 0 Å². The number of aromatic amines is 1. The quantitative estimate of drug-likeness (QED) is 0.880. The van der Waals surface area contributed by atoms with Gasteiger partial charge >= 0.3 is 0 Å². The zero-order valence-electron chi connectivity index (χ0n) is 11.8. The lowest BCUT2D eigenvalue weighted by atomic mass is 9.87. The summed E-state index contributed by atoms with van der Waals surface area (Å²) in [5.41, 5.74) is 1.04. The lowest BCUT2D eigenvalue weighted by molar-refractivity contribution is 0.103. The minimum Gasteiger partial charge on any atom is -0.287 e. The van der Waals surface area contributed by atoms with Gasteiger partial charge in [0.2, 0.25) is 11.2 Å². The van der Waals surface area contributed by atoms with Gasteiger partial charge in [-0.2, -0.15) is 5.10 Å². The highest BCUT2D eigenvalue weighted by molar-refractivity contribution is 6.07. The van der Waals surface area contributed by atoms with Gasteiger partial charge in [-0.1, -0.05) is 49.6 Å². The van der Waals surface area contributed by atoms with Crippen LogP contribution >= 0.6 is 0 Å². The van der Waals surface area contributed by atoms with Gasteiger partial charge in [-0.15, -0.1) is 0 Å². The maximum absolute atomic E-state index is 12.3. The number of H-pyrrole nitrogens is 1. The van der Waals surface area contributed by atoms with Crippen molar-refractivity contribution < 1.29 is 4.79 Å². The van der Waals surface area contributed by atoms with Crippen LogP contribution in [0.1, 0.15) is 59.8 Å². The van der Waals surface area contributed by atoms with E-state index in [-0.39, 0.29) is 16.9 Å². The molecule has 0 bridgehead atoms. The monoisotopic (exact) mass is 282 g/mol. The van der Waals surface area contributed by atoms with Crippen LogP contribution in [0.2, 0.25) is 0 Å². The Morgan fingerprint density at radius 1 is 1.10 bits per heavy atom. The minimum atomic E-state index is -0.327. The molecule has 108 valence electrons. The number of nitrogens with one attached hydrogen (secondary N) is 1. The van der Waals surface area contributed by atoms with Crippen LogP contribution in [-0.2, 0) is 0 Å². The van der Waals surface area contributed by atoms with Crippen molar-refractivity contribution in [2.24, 2.45) is 0 Å². The molecule has 0 amide bonds. The molecule has 1 fully saturated rings. The first-order valence-electron chi connectivity index (χ1n) is 7.45. The number of hydrogen-bond donors (Lipinski definition) is 1. The van der Waals surface area contributed by atoms with Crippen molar-refractivity contribution in [1.29, 1.82) is 0 Å². The zero-order chi connectivity index (χ0) is 14.7. The maximum atomic E-state index is 12.3. The molecule has 0 radical (unpaired) electrons. The largest absolute Gasteiger partial charge is 0.287 e. The molecule has 0 aliphatic heterocycles. The Morgan fingerprint density at radius 2 is 1.81 bits per heavy atom. The summed E-state index contributed by atoms with van der Waals surface area (Å²) in [6.45, 7) is 0. The zero-order valence-corrected chi connectivity index (χ0v) is 11.8. The Labute approximate surface area is 123 Å². The summed E-state index contributed by atoms with van der Waals surface area (Å²) in [6.07, 6.45) is 5.82. The van der Waals surface area contributed by atoms with E-state index in [2.05, 4.69) is 10.2 Å². The van der Waals surface area contributed by atoms with Crippen LogP contribution in [-0.4, -0.2) is 16.0 Å². The van der Waals surface area contributed by atoms with Crippen molar-refractivity contribution in [2.75, 3.05) is 0 Å². The van der Waals surface area contributed by atoms with Crippen LogP contribution in [0.3, 0.4) is 0 Å². The number of benzene rings is 1. The van der Waals surface area contributed by atoms with Gasteiger partial charge in [0.25, 0.3) is 0 Å². The first-order valence-corrected chi connectivity index (χ1v) is 7.45. The van der Waals surface area contributed by atoms with E-state index in [0.717, 1.165) is 18.5 Å². The summed E-state index contributed by atoms with van der Waals surface area (Å²) in [4.78, 5) is 24.5. The van der Waals surface area contributed by atoms with E-state index in [4.69, 9.17) is 0 Å². The minimum absolute atomic E-state index is 0.0271. The highest BCUT2D eigenvalue weighted by Gasteiger charge is 2.20. The van der Waals surface area contributed by atoms with Gasteiger partial charge in [0.05, 0.1) is 0 Å². The molecule has 1 aliphatic carbocycles. The SMILES string of the molecule is O=C(c1ccccc1)c1n[nH]c(C2CCCCC2)cc1=O. The molecule has 1 aromatic carbocycles. The van der Waals surface area contributed by atoms with Crippen LogP contribution in [0.15, 0.2) is 41.2 Å². The number of carbonyl (C=O) groups excluding carboxylic acids is 1. The second-order valence-corrected chi connectivity index (χ2v) is 5.57. The molecule has 1 N–H and O–H groups in total. The Hall–Kier alpha value is -2.23. The first kappa shape index (κ1) is 13.7. The summed E-state index contributed by atoms with van der Waals surface area (Å²) in [5.74, 6) is 0.0480. The van der Waals surface area contributed by atoms with E-state index in [9.17, 15) is 9.59 Å². The maximum Gasteiger partial charge on any atom is 0.217 e. The molecule has 0 saturated heterocycles. The molecule has 3 rings (SSSR count). The number of aromatic nitrogens is 2. The Bertz CT molecular complexity index is 685.